The third kappa shape index (κ3) is 3.11. The molecule has 0 N–H and O–H groups in total. The van der Waals surface area contributed by atoms with E-state index in [0.717, 1.165) is 22.0 Å². The maximum Gasteiger partial charge on any atom is 0.234 e. The van der Waals surface area contributed by atoms with Crippen LogP contribution in [0.2, 0.25) is 0 Å². The summed E-state index contributed by atoms with van der Waals surface area (Å²) in [5, 5.41) is 0.976. The Bertz CT molecular complexity index is 1290. The lowest BCUT2D eigenvalue weighted by Crippen LogP contribution is -2.11. The van der Waals surface area contributed by atoms with E-state index in [9.17, 15) is 4.79 Å². The van der Waals surface area contributed by atoms with Gasteiger partial charge in [0.15, 0.2) is 0 Å². The topological polar surface area (TPSA) is 47.8 Å². The molecule has 0 spiro atoms. The number of hydrogen-bond acceptors (Lipinski definition) is 3. The van der Waals surface area contributed by atoms with Crippen LogP contribution in [0.3, 0.4) is 0 Å². The largest absolute Gasteiger partial charge is 0.287 e. The number of nitrogens with zero attached hydrogens (tertiary/aromatic N) is 3. The number of hydrogen-bond donors (Lipinski definition) is 0. The van der Waals surface area contributed by atoms with Crippen LogP contribution in [-0.2, 0) is 0 Å². The highest BCUT2D eigenvalue weighted by molar-refractivity contribution is 6.11. The third-order valence-corrected chi connectivity index (χ3v) is 4.95. The Morgan fingerprint density at radius 1 is 0.690 bits per heavy atom. The molecule has 2 heterocycles. The first kappa shape index (κ1) is 17.1. The molecule has 0 aliphatic rings. The third-order valence-electron chi connectivity index (χ3n) is 4.95. The van der Waals surface area contributed by atoms with Crippen molar-refractivity contribution in [3.05, 3.63) is 115 Å². The first-order valence-corrected chi connectivity index (χ1v) is 9.39. The zero-order chi connectivity index (χ0) is 19.6. The number of aromatic nitrogens is 3. The predicted octanol–water partition coefficient (Wildman–Crippen LogP) is 5.32. The second kappa shape index (κ2) is 7.17. The van der Waals surface area contributed by atoms with Gasteiger partial charge < -0.3 is 0 Å². The lowest BCUT2D eigenvalue weighted by molar-refractivity contribution is 0.103. The monoisotopic (exact) mass is 375 g/mol. The number of para-hydroxylation sites is 1. The zero-order valence-corrected chi connectivity index (χ0v) is 15.6. The highest BCUT2D eigenvalue weighted by Gasteiger charge is 2.19. The molecule has 0 radical (unpaired) electrons. The summed E-state index contributed by atoms with van der Waals surface area (Å²) in [6, 6.07) is 29.4. The highest BCUT2D eigenvalue weighted by atomic mass is 16.1. The normalized spacial score (nSPS) is 10.9. The summed E-state index contributed by atoms with van der Waals surface area (Å²) in [5.41, 5.74) is 4.28. The van der Waals surface area contributed by atoms with Gasteiger partial charge in [-0.1, -0.05) is 72.8 Å². The first-order valence-electron chi connectivity index (χ1n) is 9.39. The van der Waals surface area contributed by atoms with Crippen LogP contribution in [0.15, 0.2) is 103 Å². The van der Waals surface area contributed by atoms with E-state index in [1.54, 1.807) is 18.5 Å². The Labute approximate surface area is 168 Å². The van der Waals surface area contributed by atoms with Crippen molar-refractivity contribution < 1.29 is 4.79 Å². The molecular formula is C25H17N3O. The Morgan fingerprint density at radius 3 is 2.10 bits per heavy atom. The second-order valence-corrected chi connectivity index (χ2v) is 6.75. The van der Waals surface area contributed by atoms with Crippen molar-refractivity contribution in [1.29, 1.82) is 0 Å². The van der Waals surface area contributed by atoms with Crippen LogP contribution in [0.5, 0.6) is 0 Å². The summed E-state index contributed by atoms with van der Waals surface area (Å²) in [6.45, 7) is 0. The minimum atomic E-state index is -0.0618. The number of ketones is 1. The fourth-order valence-electron chi connectivity index (χ4n) is 3.54. The van der Waals surface area contributed by atoms with E-state index in [4.69, 9.17) is 0 Å². The van der Waals surface area contributed by atoms with Gasteiger partial charge in [-0.2, -0.15) is 0 Å². The fourth-order valence-corrected chi connectivity index (χ4v) is 3.54. The van der Waals surface area contributed by atoms with Crippen LogP contribution in [0, 0.1) is 0 Å². The van der Waals surface area contributed by atoms with Crippen molar-refractivity contribution in [2.45, 2.75) is 0 Å². The van der Waals surface area contributed by atoms with Crippen molar-refractivity contribution in [2.75, 3.05) is 0 Å². The number of benzene rings is 3. The molecule has 0 saturated heterocycles. The van der Waals surface area contributed by atoms with E-state index in [0.29, 0.717) is 17.2 Å². The van der Waals surface area contributed by atoms with Crippen LogP contribution >= 0.6 is 0 Å². The van der Waals surface area contributed by atoms with Crippen LogP contribution in [0.1, 0.15) is 16.1 Å². The molecular weight excluding hydrogens is 358 g/mol. The Kier molecular flexibility index (Phi) is 4.22. The van der Waals surface area contributed by atoms with E-state index in [1.807, 2.05) is 77.4 Å². The predicted molar refractivity (Wildman–Crippen MR) is 114 cm³/mol. The molecule has 0 bridgehead atoms. The minimum absolute atomic E-state index is 0.0618. The summed E-state index contributed by atoms with van der Waals surface area (Å²) in [4.78, 5) is 22.1. The lowest BCUT2D eigenvalue weighted by Gasteiger charge is -2.09. The number of rotatable bonds is 4. The van der Waals surface area contributed by atoms with Gasteiger partial charge in [0.1, 0.15) is 0 Å². The van der Waals surface area contributed by atoms with Crippen molar-refractivity contribution >= 4 is 16.7 Å². The maximum atomic E-state index is 13.4. The fraction of sp³-hybridized carbons (Fsp3) is 0. The number of carbonyl (C=O) groups excluding carboxylic acids is 1. The van der Waals surface area contributed by atoms with Gasteiger partial charge >= 0.3 is 0 Å². The molecule has 4 heteroatoms. The molecule has 2 aromatic heterocycles. The lowest BCUT2D eigenvalue weighted by atomic mass is 10.0. The molecule has 0 aliphatic heterocycles. The van der Waals surface area contributed by atoms with Gasteiger partial charge in [0.25, 0.3) is 0 Å². The molecule has 0 saturated carbocycles. The second-order valence-electron chi connectivity index (χ2n) is 6.75. The molecule has 0 fully saturated rings. The average molecular weight is 375 g/mol. The molecule has 138 valence electrons. The highest BCUT2D eigenvalue weighted by Crippen LogP contribution is 2.26. The summed E-state index contributed by atoms with van der Waals surface area (Å²) in [6.07, 6.45) is 3.36. The molecule has 29 heavy (non-hydrogen) atoms. The van der Waals surface area contributed by atoms with Crippen molar-refractivity contribution in [3.63, 3.8) is 0 Å². The van der Waals surface area contributed by atoms with E-state index in [1.165, 1.54) is 0 Å². The van der Waals surface area contributed by atoms with Crippen molar-refractivity contribution in [2.24, 2.45) is 0 Å². The molecule has 5 rings (SSSR count). The minimum Gasteiger partial charge on any atom is -0.287 e. The van der Waals surface area contributed by atoms with Gasteiger partial charge in [0, 0.05) is 23.3 Å². The standard InChI is InChI=1S/C25H17N3O/c29-24(20-13-11-19(12-14-20)18-7-2-1-3-8-18)23-17-21-9-4-5-10-22(21)28(23)25-26-15-6-16-27-25/h1-17H. The molecule has 3 aromatic carbocycles. The summed E-state index contributed by atoms with van der Waals surface area (Å²) in [7, 11) is 0. The van der Waals surface area contributed by atoms with Crippen molar-refractivity contribution in [3.8, 4) is 17.1 Å². The van der Waals surface area contributed by atoms with E-state index in [-0.39, 0.29) is 5.78 Å². The Morgan fingerprint density at radius 2 is 1.34 bits per heavy atom. The Balaban J connectivity index is 1.60. The van der Waals surface area contributed by atoms with Crippen LogP contribution < -0.4 is 0 Å². The Hall–Kier alpha value is -4.05. The molecule has 5 aromatic rings. The van der Waals surface area contributed by atoms with Gasteiger partial charge in [0.05, 0.1) is 11.2 Å². The van der Waals surface area contributed by atoms with Crippen molar-refractivity contribution in [1.82, 2.24) is 14.5 Å². The molecule has 0 atom stereocenters. The average Bonchev–Trinajstić information content (AvgIpc) is 3.19. The molecule has 4 nitrogen and oxygen atoms in total. The molecule has 0 aliphatic carbocycles. The molecule has 0 amide bonds. The first-order chi connectivity index (χ1) is 14.3. The number of fused-ring (bicyclic) bond motifs is 1. The zero-order valence-electron chi connectivity index (χ0n) is 15.6. The summed E-state index contributed by atoms with van der Waals surface area (Å²) < 4.78 is 1.82. The van der Waals surface area contributed by atoms with E-state index in [2.05, 4.69) is 22.1 Å². The van der Waals surface area contributed by atoms with Gasteiger partial charge in [-0.3, -0.25) is 9.36 Å². The van der Waals surface area contributed by atoms with Gasteiger partial charge in [-0.05, 0) is 29.3 Å². The SMILES string of the molecule is O=C(c1ccc(-c2ccccc2)cc1)c1cc2ccccc2n1-c1ncccn1. The van der Waals surface area contributed by atoms with Gasteiger partial charge in [-0.25, -0.2) is 9.97 Å². The van der Waals surface area contributed by atoms with Gasteiger partial charge in [0.2, 0.25) is 11.7 Å². The number of carbonyl (C=O) groups is 1. The van der Waals surface area contributed by atoms with Crippen LogP contribution in [-0.4, -0.2) is 20.3 Å². The smallest absolute Gasteiger partial charge is 0.234 e. The maximum absolute atomic E-state index is 13.4. The van der Waals surface area contributed by atoms with Crippen LogP contribution in [0.25, 0.3) is 28.0 Å². The van der Waals surface area contributed by atoms with Gasteiger partial charge in [-0.15, -0.1) is 0 Å². The van der Waals surface area contributed by atoms with Crippen LogP contribution in [0.4, 0.5) is 0 Å². The molecule has 0 unspecified atom stereocenters. The van der Waals surface area contributed by atoms with E-state index < -0.39 is 0 Å². The summed E-state index contributed by atoms with van der Waals surface area (Å²) in [5.74, 6) is 0.422. The quantitative estimate of drug-likeness (QED) is 0.400. The summed E-state index contributed by atoms with van der Waals surface area (Å²) >= 11 is 0. The van der Waals surface area contributed by atoms with E-state index >= 15 is 0 Å².